The second-order valence-electron chi connectivity index (χ2n) is 7.49. The zero-order chi connectivity index (χ0) is 18.3. The summed E-state index contributed by atoms with van der Waals surface area (Å²) in [6.45, 7) is 1.83. The number of nitrogens with one attached hydrogen (secondary N) is 1. The van der Waals surface area contributed by atoms with Crippen LogP contribution in [0.25, 0.3) is 10.9 Å². The van der Waals surface area contributed by atoms with Crippen LogP contribution in [0.5, 0.6) is 0 Å². The summed E-state index contributed by atoms with van der Waals surface area (Å²) in [4.78, 5) is 43.9. The first-order valence-electron chi connectivity index (χ1n) is 9.22. The molecule has 0 radical (unpaired) electrons. The van der Waals surface area contributed by atoms with Crippen LogP contribution in [-0.4, -0.2) is 21.7 Å². The number of para-hydroxylation sites is 1. The maximum absolute atomic E-state index is 12.5. The summed E-state index contributed by atoms with van der Waals surface area (Å²) >= 11 is 0. The molecule has 26 heavy (non-hydrogen) atoms. The van der Waals surface area contributed by atoms with Crippen molar-refractivity contribution in [1.29, 1.82) is 0 Å². The number of hydrogen-bond acceptors (Lipinski definition) is 5. The molecule has 2 aromatic rings. The Balaban J connectivity index is 1.47. The summed E-state index contributed by atoms with van der Waals surface area (Å²) < 4.78 is 5.43. The number of fused-ring (bicyclic) bond motifs is 3. The van der Waals surface area contributed by atoms with Gasteiger partial charge in [0.15, 0.2) is 0 Å². The number of aromatic nitrogens is 2. The standard InChI is InChI=1S/C20H22N2O4/c1-11-4-2-7-15-17(11)21-16(22-19(15)24)10-26-20(25)14-8-12-5-3-6-13(9-14)18(12)23/h2,4,7,12-14H,3,5-6,8-10H2,1H3,(H,21,22,24). The van der Waals surface area contributed by atoms with Crippen molar-refractivity contribution >= 4 is 22.7 Å². The third-order valence-electron chi connectivity index (χ3n) is 5.72. The molecule has 2 aliphatic rings. The van der Waals surface area contributed by atoms with E-state index in [2.05, 4.69) is 9.97 Å². The molecule has 2 bridgehead atoms. The molecule has 0 amide bonds. The van der Waals surface area contributed by atoms with Crippen LogP contribution in [0.2, 0.25) is 0 Å². The van der Waals surface area contributed by atoms with Gasteiger partial charge in [0.2, 0.25) is 0 Å². The number of carbonyl (C=O) groups excluding carboxylic acids is 2. The Kier molecular flexibility index (Phi) is 4.34. The van der Waals surface area contributed by atoms with Crippen molar-refractivity contribution in [2.75, 3.05) is 0 Å². The molecule has 0 aliphatic heterocycles. The van der Waals surface area contributed by atoms with E-state index in [1.807, 2.05) is 19.1 Å². The Morgan fingerprint density at radius 2 is 1.96 bits per heavy atom. The van der Waals surface area contributed by atoms with Gasteiger partial charge < -0.3 is 9.72 Å². The highest BCUT2D eigenvalue weighted by Gasteiger charge is 2.41. The van der Waals surface area contributed by atoms with Crippen molar-refractivity contribution in [3.05, 3.63) is 39.9 Å². The van der Waals surface area contributed by atoms with Crippen LogP contribution in [0.3, 0.4) is 0 Å². The van der Waals surface area contributed by atoms with Gasteiger partial charge >= 0.3 is 5.97 Å². The number of H-pyrrole nitrogens is 1. The lowest BCUT2D eigenvalue weighted by atomic mass is 9.67. The molecule has 2 fully saturated rings. The Bertz CT molecular complexity index is 917. The van der Waals surface area contributed by atoms with Gasteiger partial charge in [-0.1, -0.05) is 18.6 Å². The van der Waals surface area contributed by atoms with Gasteiger partial charge in [-0.05, 0) is 44.2 Å². The minimum absolute atomic E-state index is 0.0151. The molecule has 6 heteroatoms. The van der Waals surface area contributed by atoms with Crippen LogP contribution < -0.4 is 5.56 Å². The normalized spacial score (nSPS) is 25.3. The predicted octanol–water partition coefficient (Wildman–Crippen LogP) is 2.67. The molecule has 4 rings (SSSR count). The molecule has 2 unspecified atom stereocenters. The summed E-state index contributed by atoms with van der Waals surface area (Å²) in [5, 5.41) is 0.527. The van der Waals surface area contributed by atoms with E-state index in [0.29, 0.717) is 35.4 Å². The molecule has 2 aliphatic carbocycles. The van der Waals surface area contributed by atoms with Gasteiger partial charge in [0.05, 0.1) is 16.8 Å². The Hall–Kier alpha value is -2.50. The quantitative estimate of drug-likeness (QED) is 0.856. The number of rotatable bonds is 3. The zero-order valence-corrected chi connectivity index (χ0v) is 14.8. The lowest BCUT2D eigenvalue weighted by molar-refractivity contribution is -0.155. The fourth-order valence-electron chi connectivity index (χ4n) is 4.35. The second-order valence-corrected chi connectivity index (χ2v) is 7.49. The number of esters is 1. The number of ether oxygens (including phenoxy) is 1. The lowest BCUT2D eigenvalue weighted by Crippen LogP contribution is -2.39. The van der Waals surface area contributed by atoms with Gasteiger partial charge in [-0.25, -0.2) is 4.98 Å². The number of Topliss-reactive ketones (excluding diaryl/α,β-unsaturated/α-hetero) is 1. The first kappa shape index (κ1) is 16.9. The van der Waals surface area contributed by atoms with Crippen LogP contribution >= 0.6 is 0 Å². The van der Waals surface area contributed by atoms with E-state index < -0.39 is 0 Å². The smallest absolute Gasteiger partial charge is 0.309 e. The third kappa shape index (κ3) is 3.04. The van der Waals surface area contributed by atoms with E-state index in [4.69, 9.17) is 4.74 Å². The number of aromatic amines is 1. The van der Waals surface area contributed by atoms with Crippen molar-refractivity contribution < 1.29 is 14.3 Å². The molecule has 136 valence electrons. The molecule has 0 saturated heterocycles. The number of carbonyl (C=O) groups is 2. The second kappa shape index (κ2) is 6.67. The van der Waals surface area contributed by atoms with E-state index >= 15 is 0 Å². The van der Waals surface area contributed by atoms with Gasteiger partial charge in [0.1, 0.15) is 18.2 Å². The summed E-state index contributed by atoms with van der Waals surface area (Å²) in [5.74, 6) is 0.190. The molecule has 0 spiro atoms. The average molecular weight is 354 g/mol. The van der Waals surface area contributed by atoms with Gasteiger partial charge in [-0.3, -0.25) is 14.4 Å². The topological polar surface area (TPSA) is 89.1 Å². The van der Waals surface area contributed by atoms with Crippen molar-refractivity contribution in [2.45, 2.75) is 45.6 Å². The van der Waals surface area contributed by atoms with Crippen molar-refractivity contribution in [3.63, 3.8) is 0 Å². The van der Waals surface area contributed by atoms with Crippen LogP contribution in [0.15, 0.2) is 23.0 Å². The molecule has 2 atom stereocenters. The lowest BCUT2D eigenvalue weighted by Gasteiger charge is -2.36. The average Bonchev–Trinajstić information content (AvgIpc) is 2.60. The molecule has 6 nitrogen and oxygen atoms in total. The summed E-state index contributed by atoms with van der Waals surface area (Å²) in [7, 11) is 0. The van der Waals surface area contributed by atoms with Crippen LogP contribution in [0.4, 0.5) is 0 Å². The van der Waals surface area contributed by atoms with E-state index in [9.17, 15) is 14.4 Å². The van der Waals surface area contributed by atoms with Gasteiger partial charge in [-0.15, -0.1) is 0 Å². The predicted molar refractivity (Wildman–Crippen MR) is 95.5 cm³/mol. The first-order valence-corrected chi connectivity index (χ1v) is 9.22. The fraction of sp³-hybridized carbons (Fsp3) is 0.500. The molecule has 2 saturated carbocycles. The summed E-state index contributed by atoms with van der Waals surface area (Å²) in [5.41, 5.74) is 1.29. The minimum atomic E-state index is -0.290. The molecular formula is C20H22N2O4. The Morgan fingerprint density at radius 1 is 1.23 bits per heavy atom. The SMILES string of the molecule is Cc1cccc2c(=O)[nH]c(COC(=O)C3CC4CCCC(C3)C4=O)nc12. The number of hydrogen-bond donors (Lipinski definition) is 1. The van der Waals surface area contributed by atoms with Gasteiger partial charge in [0, 0.05) is 11.8 Å². The molecule has 1 aromatic heterocycles. The fourth-order valence-corrected chi connectivity index (χ4v) is 4.35. The van der Waals surface area contributed by atoms with Crippen molar-refractivity contribution in [3.8, 4) is 0 Å². The van der Waals surface area contributed by atoms with E-state index in [1.165, 1.54) is 0 Å². The highest BCUT2D eigenvalue weighted by molar-refractivity contribution is 5.87. The molecular weight excluding hydrogens is 332 g/mol. The highest BCUT2D eigenvalue weighted by Crippen LogP contribution is 2.40. The minimum Gasteiger partial charge on any atom is -0.457 e. The van der Waals surface area contributed by atoms with Gasteiger partial charge in [0.25, 0.3) is 5.56 Å². The molecule has 1 N–H and O–H groups in total. The van der Waals surface area contributed by atoms with E-state index in [1.54, 1.807) is 6.07 Å². The van der Waals surface area contributed by atoms with Crippen LogP contribution in [-0.2, 0) is 20.9 Å². The number of ketones is 1. The van der Waals surface area contributed by atoms with Gasteiger partial charge in [-0.2, -0.15) is 0 Å². The third-order valence-corrected chi connectivity index (χ3v) is 5.72. The Labute approximate surface area is 151 Å². The van der Waals surface area contributed by atoms with E-state index in [-0.39, 0.29) is 35.9 Å². The first-order chi connectivity index (χ1) is 12.5. The Morgan fingerprint density at radius 3 is 2.69 bits per heavy atom. The highest BCUT2D eigenvalue weighted by atomic mass is 16.5. The maximum Gasteiger partial charge on any atom is 0.309 e. The zero-order valence-electron chi connectivity index (χ0n) is 14.8. The van der Waals surface area contributed by atoms with Crippen molar-refractivity contribution in [1.82, 2.24) is 9.97 Å². The van der Waals surface area contributed by atoms with Crippen LogP contribution in [0, 0.1) is 24.7 Å². The number of nitrogens with zero attached hydrogens (tertiary/aromatic N) is 1. The summed E-state index contributed by atoms with van der Waals surface area (Å²) in [6, 6.07) is 5.43. The van der Waals surface area contributed by atoms with Crippen molar-refractivity contribution in [2.24, 2.45) is 17.8 Å². The largest absolute Gasteiger partial charge is 0.457 e. The number of aryl methyl sites for hydroxylation is 1. The van der Waals surface area contributed by atoms with E-state index in [0.717, 1.165) is 24.8 Å². The maximum atomic E-state index is 12.5. The van der Waals surface area contributed by atoms with Crippen LogP contribution in [0.1, 0.15) is 43.5 Å². The molecule has 1 heterocycles. The number of benzene rings is 1. The monoisotopic (exact) mass is 354 g/mol. The molecule has 1 aromatic carbocycles. The summed E-state index contributed by atoms with van der Waals surface area (Å²) in [6.07, 6.45) is 4.03.